The number of aromatic nitrogens is 2. The summed E-state index contributed by atoms with van der Waals surface area (Å²) in [6.45, 7) is 4.28. The first-order chi connectivity index (χ1) is 10.6. The Morgan fingerprint density at radius 2 is 1.86 bits per heavy atom. The number of anilines is 2. The molecule has 0 radical (unpaired) electrons. The third-order valence-electron chi connectivity index (χ3n) is 3.45. The number of piperazine rings is 1. The molecule has 1 N–H and O–H groups in total. The molecule has 7 nitrogen and oxygen atoms in total. The summed E-state index contributed by atoms with van der Waals surface area (Å²) in [7, 11) is 0. The van der Waals surface area contributed by atoms with Crippen LogP contribution >= 0.6 is 11.6 Å². The second-order valence-corrected chi connectivity index (χ2v) is 5.45. The van der Waals surface area contributed by atoms with Gasteiger partial charge in [-0.1, -0.05) is 16.7 Å². The molecule has 8 heteroatoms. The van der Waals surface area contributed by atoms with E-state index in [9.17, 15) is 4.79 Å². The number of amides is 2. The van der Waals surface area contributed by atoms with Gasteiger partial charge in [0, 0.05) is 43.8 Å². The Bertz CT molecular complexity index is 650. The Kier molecular flexibility index (Phi) is 4.15. The van der Waals surface area contributed by atoms with E-state index in [4.69, 9.17) is 16.0 Å². The second-order valence-electron chi connectivity index (χ2n) is 5.01. The number of hydrogen-bond acceptors (Lipinski definition) is 5. The van der Waals surface area contributed by atoms with E-state index in [1.807, 2.05) is 4.90 Å². The Balaban J connectivity index is 1.54. The molecule has 1 fully saturated rings. The summed E-state index contributed by atoms with van der Waals surface area (Å²) in [5.41, 5.74) is 0.726. The molecule has 0 spiro atoms. The molecule has 0 saturated carbocycles. The average Bonchev–Trinajstić information content (AvgIpc) is 2.96. The van der Waals surface area contributed by atoms with Gasteiger partial charge in [-0.3, -0.25) is 0 Å². The van der Waals surface area contributed by atoms with E-state index in [2.05, 4.69) is 15.5 Å². The fourth-order valence-electron chi connectivity index (χ4n) is 2.25. The normalized spacial score (nSPS) is 15.0. The van der Waals surface area contributed by atoms with Gasteiger partial charge in [-0.25, -0.2) is 4.79 Å². The van der Waals surface area contributed by atoms with Crippen LogP contribution < -0.4 is 10.2 Å². The van der Waals surface area contributed by atoms with E-state index in [1.165, 1.54) is 0 Å². The van der Waals surface area contributed by atoms with Crippen molar-refractivity contribution in [3.8, 4) is 0 Å². The van der Waals surface area contributed by atoms with Crippen LogP contribution in [0.3, 0.4) is 0 Å². The summed E-state index contributed by atoms with van der Waals surface area (Å²) in [5.74, 6) is 0.540. The molecule has 0 unspecified atom stereocenters. The van der Waals surface area contributed by atoms with Gasteiger partial charge in [0.2, 0.25) is 5.89 Å². The Hall–Kier alpha value is -2.28. The minimum Gasteiger partial charge on any atom is -0.408 e. The first kappa shape index (κ1) is 14.6. The van der Waals surface area contributed by atoms with Crippen LogP contribution in [0, 0.1) is 6.92 Å². The molecule has 116 valence electrons. The molecular weight excluding hydrogens is 306 g/mol. The van der Waals surface area contributed by atoms with Gasteiger partial charge in [-0.15, -0.1) is 5.10 Å². The third-order valence-corrected chi connectivity index (χ3v) is 3.70. The molecule has 0 bridgehead atoms. The minimum absolute atomic E-state index is 0.122. The molecule has 2 heterocycles. The number of carbonyl (C=O) groups is 1. The maximum atomic E-state index is 12.2. The van der Waals surface area contributed by atoms with Gasteiger partial charge in [0.05, 0.1) is 0 Å². The number of rotatable bonds is 2. The highest BCUT2D eigenvalue weighted by molar-refractivity contribution is 6.30. The van der Waals surface area contributed by atoms with Crippen molar-refractivity contribution < 1.29 is 9.21 Å². The number of halogens is 1. The van der Waals surface area contributed by atoms with Crippen molar-refractivity contribution in [2.45, 2.75) is 6.92 Å². The largest absolute Gasteiger partial charge is 0.408 e. The molecule has 1 aromatic heterocycles. The van der Waals surface area contributed by atoms with E-state index >= 15 is 0 Å². The van der Waals surface area contributed by atoms with E-state index < -0.39 is 0 Å². The summed E-state index contributed by atoms with van der Waals surface area (Å²) in [4.78, 5) is 15.9. The number of aryl methyl sites for hydroxylation is 1. The lowest BCUT2D eigenvalue weighted by atomic mass is 10.3. The third kappa shape index (κ3) is 3.30. The Morgan fingerprint density at radius 3 is 2.45 bits per heavy atom. The van der Waals surface area contributed by atoms with Crippen molar-refractivity contribution in [1.82, 2.24) is 15.1 Å². The van der Waals surface area contributed by atoms with Crippen LogP contribution in [0.15, 0.2) is 28.7 Å². The molecule has 22 heavy (non-hydrogen) atoms. The molecular formula is C14H16ClN5O2. The zero-order valence-electron chi connectivity index (χ0n) is 12.1. The number of urea groups is 1. The molecule has 1 aliphatic rings. The van der Waals surface area contributed by atoms with Gasteiger partial charge >= 0.3 is 12.0 Å². The van der Waals surface area contributed by atoms with Gasteiger partial charge in [0.1, 0.15) is 0 Å². The molecule has 2 aromatic rings. The minimum atomic E-state index is -0.122. The number of benzene rings is 1. The zero-order chi connectivity index (χ0) is 15.5. The lowest BCUT2D eigenvalue weighted by Crippen LogP contribution is -2.50. The molecule has 0 aliphatic carbocycles. The van der Waals surface area contributed by atoms with Crippen molar-refractivity contribution in [2.75, 3.05) is 36.4 Å². The van der Waals surface area contributed by atoms with E-state index in [0.29, 0.717) is 43.1 Å². The monoisotopic (exact) mass is 321 g/mol. The summed E-state index contributed by atoms with van der Waals surface area (Å²) >= 11 is 5.82. The van der Waals surface area contributed by atoms with Crippen molar-refractivity contribution in [3.63, 3.8) is 0 Å². The molecule has 1 aromatic carbocycles. The predicted octanol–water partition coefficient (Wildman–Crippen LogP) is 2.39. The first-order valence-electron chi connectivity index (χ1n) is 6.98. The van der Waals surface area contributed by atoms with Crippen molar-refractivity contribution in [2.24, 2.45) is 0 Å². The highest BCUT2D eigenvalue weighted by Gasteiger charge is 2.23. The van der Waals surface area contributed by atoms with E-state index in [1.54, 1.807) is 36.1 Å². The summed E-state index contributed by atoms with van der Waals surface area (Å²) in [5, 5.41) is 11.3. The molecule has 1 saturated heterocycles. The number of carbonyl (C=O) groups excluding carboxylic acids is 1. The average molecular weight is 322 g/mol. The topological polar surface area (TPSA) is 74.5 Å². The fourth-order valence-corrected chi connectivity index (χ4v) is 2.38. The van der Waals surface area contributed by atoms with Crippen molar-refractivity contribution in [3.05, 3.63) is 35.2 Å². The van der Waals surface area contributed by atoms with Crippen LogP contribution in [0.2, 0.25) is 5.02 Å². The second kappa shape index (κ2) is 6.23. The van der Waals surface area contributed by atoms with Crippen LogP contribution in [-0.4, -0.2) is 47.3 Å². The van der Waals surface area contributed by atoms with Crippen LogP contribution in [0.5, 0.6) is 0 Å². The standard InChI is InChI=1S/C14H16ClN5O2/c1-10-17-18-14(22-10)20-8-6-19(7-9-20)13(21)16-12-4-2-11(15)3-5-12/h2-5H,6-9H2,1H3,(H,16,21). The van der Waals surface area contributed by atoms with Gasteiger partial charge in [0.15, 0.2) is 0 Å². The van der Waals surface area contributed by atoms with Crippen LogP contribution in [0.25, 0.3) is 0 Å². The lowest BCUT2D eigenvalue weighted by Gasteiger charge is -2.33. The number of nitrogens with zero attached hydrogens (tertiary/aromatic N) is 4. The molecule has 0 atom stereocenters. The van der Waals surface area contributed by atoms with Crippen molar-refractivity contribution >= 4 is 29.3 Å². The van der Waals surface area contributed by atoms with E-state index in [0.717, 1.165) is 5.69 Å². The van der Waals surface area contributed by atoms with Crippen molar-refractivity contribution in [1.29, 1.82) is 0 Å². The maximum absolute atomic E-state index is 12.2. The quantitative estimate of drug-likeness (QED) is 0.919. The first-order valence-corrected chi connectivity index (χ1v) is 7.36. The molecule has 3 rings (SSSR count). The van der Waals surface area contributed by atoms with Gasteiger partial charge in [0.25, 0.3) is 0 Å². The molecule has 2 amide bonds. The van der Waals surface area contributed by atoms with Crippen LogP contribution in [0.1, 0.15) is 5.89 Å². The maximum Gasteiger partial charge on any atom is 0.321 e. The fraction of sp³-hybridized carbons (Fsp3) is 0.357. The number of hydrogen-bond donors (Lipinski definition) is 1. The van der Waals surface area contributed by atoms with Gasteiger partial charge < -0.3 is 19.5 Å². The van der Waals surface area contributed by atoms with Crippen LogP contribution in [-0.2, 0) is 0 Å². The zero-order valence-corrected chi connectivity index (χ0v) is 12.9. The Labute approximate surface area is 132 Å². The Morgan fingerprint density at radius 1 is 1.18 bits per heavy atom. The van der Waals surface area contributed by atoms with Gasteiger partial charge in [-0.2, -0.15) is 0 Å². The van der Waals surface area contributed by atoms with Gasteiger partial charge in [-0.05, 0) is 24.3 Å². The SMILES string of the molecule is Cc1nnc(N2CCN(C(=O)Nc3ccc(Cl)cc3)CC2)o1. The summed E-state index contributed by atoms with van der Waals surface area (Å²) in [6, 6.07) is 7.43. The van der Waals surface area contributed by atoms with E-state index in [-0.39, 0.29) is 6.03 Å². The molecule has 1 aliphatic heterocycles. The van der Waals surface area contributed by atoms with Crippen LogP contribution in [0.4, 0.5) is 16.5 Å². The number of nitrogens with one attached hydrogen (secondary N) is 1. The lowest BCUT2D eigenvalue weighted by molar-refractivity contribution is 0.207. The summed E-state index contributed by atoms with van der Waals surface area (Å²) in [6.07, 6.45) is 0. The highest BCUT2D eigenvalue weighted by Crippen LogP contribution is 2.16. The summed E-state index contributed by atoms with van der Waals surface area (Å²) < 4.78 is 5.40. The predicted molar refractivity (Wildman–Crippen MR) is 83.3 cm³/mol. The highest BCUT2D eigenvalue weighted by atomic mass is 35.5. The smallest absolute Gasteiger partial charge is 0.321 e.